The first-order chi connectivity index (χ1) is 11.2. The number of amides is 1. The second-order valence-corrected chi connectivity index (χ2v) is 6.87. The van der Waals surface area contributed by atoms with Crippen molar-refractivity contribution in [2.45, 2.75) is 23.8 Å². The van der Waals surface area contributed by atoms with Gasteiger partial charge in [-0.1, -0.05) is 42.1 Å². The summed E-state index contributed by atoms with van der Waals surface area (Å²) in [6.45, 7) is 2.65. The standard InChI is InChI=1S/C18H16N2O2S/c1-12(23-18-19-14-7-3-5-9-16(14)22-18)17(21)20-11-10-13-6-2-4-8-15(13)20/h2-9,12H,10-11H2,1H3. The van der Waals surface area contributed by atoms with E-state index in [1.54, 1.807) is 0 Å². The van der Waals surface area contributed by atoms with Crippen LogP contribution in [0.25, 0.3) is 11.1 Å². The zero-order valence-corrected chi connectivity index (χ0v) is 13.5. The van der Waals surface area contributed by atoms with Gasteiger partial charge in [-0.3, -0.25) is 4.79 Å². The molecule has 0 fully saturated rings. The van der Waals surface area contributed by atoms with Gasteiger partial charge in [0.15, 0.2) is 5.58 Å². The van der Waals surface area contributed by atoms with Gasteiger partial charge in [-0.2, -0.15) is 0 Å². The number of benzene rings is 2. The molecule has 2 heterocycles. The molecule has 2 aromatic carbocycles. The van der Waals surface area contributed by atoms with Crippen LogP contribution in [0.3, 0.4) is 0 Å². The lowest BCUT2D eigenvalue weighted by Crippen LogP contribution is -2.35. The van der Waals surface area contributed by atoms with Crippen molar-refractivity contribution in [3.05, 3.63) is 54.1 Å². The summed E-state index contributed by atoms with van der Waals surface area (Å²) in [6.07, 6.45) is 0.919. The Morgan fingerprint density at radius 3 is 2.87 bits per heavy atom. The zero-order chi connectivity index (χ0) is 15.8. The molecule has 4 rings (SSSR count). The van der Waals surface area contributed by atoms with Gasteiger partial charge in [0.25, 0.3) is 5.22 Å². The minimum atomic E-state index is -0.241. The van der Waals surface area contributed by atoms with Gasteiger partial charge in [0.1, 0.15) is 5.52 Å². The number of carbonyl (C=O) groups is 1. The number of anilines is 1. The maximum atomic E-state index is 12.8. The minimum Gasteiger partial charge on any atom is -0.431 e. The van der Waals surface area contributed by atoms with E-state index in [0.717, 1.165) is 29.8 Å². The Morgan fingerprint density at radius 2 is 2.00 bits per heavy atom. The summed E-state index contributed by atoms with van der Waals surface area (Å²) >= 11 is 1.37. The van der Waals surface area contributed by atoms with Crippen molar-refractivity contribution in [3.8, 4) is 0 Å². The van der Waals surface area contributed by atoms with Crippen molar-refractivity contribution in [2.24, 2.45) is 0 Å². The second-order valence-electron chi connectivity index (χ2n) is 5.58. The molecule has 23 heavy (non-hydrogen) atoms. The van der Waals surface area contributed by atoms with Gasteiger partial charge in [-0.15, -0.1) is 0 Å². The fourth-order valence-corrected chi connectivity index (χ4v) is 3.71. The van der Waals surface area contributed by atoms with E-state index in [2.05, 4.69) is 11.1 Å². The highest BCUT2D eigenvalue weighted by Crippen LogP contribution is 2.32. The molecule has 1 aliphatic heterocycles. The van der Waals surface area contributed by atoms with Gasteiger partial charge in [0, 0.05) is 12.2 Å². The topological polar surface area (TPSA) is 46.3 Å². The first-order valence-corrected chi connectivity index (χ1v) is 8.52. The Labute approximate surface area is 138 Å². The maximum absolute atomic E-state index is 12.8. The van der Waals surface area contributed by atoms with Crippen LogP contribution >= 0.6 is 11.8 Å². The largest absolute Gasteiger partial charge is 0.431 e. The van der Waals surface area contributed by atoms with Crippen LogP contribution in [0.4, 0.5) is 5.69 Å². The molecule has 0 saturated heterocycles. The van der Waals surface area contributed by atoms with Gasteiger partial charge in [0.05, 0.1) is 5.25 Å². The number of hydrogen-bond acceptors (Lipinski definition) is 4. The Balaban J connectivity index is 1.53. The van der Waals surface area contributed by atoms with E-state index in [4.69, 9.17) is 4.42 Å². The van der Waals surface area contributed by atoms with Crippen LogP contribution in [0.5, 0.6) is 0 Å². The van der Waals surface area contributed by atoms with Crippen LogP contribution in [0.2, 0.25) is 0 Å². The number of rotatable bonds is 3. The molecule has 0 spiro atoms. The summed E-state index contributed by atoms with van der Waals surface area (Å²) in [7, 11) is 0. The summed E-state index contributed by atoms with van der Waals surface area (Å²) in [5.41, 5.74) is 3.84. The summed E-state index contributed by atoms with van der Waals surface area (Å²) in [5, 5.41) is 0.300. The van der Waals surface area contributed by atoms with E-state index in [1.165, 1.54) is 17.3 Å². The molecule has 0 bridgehead atoms. The predicted octanol–water partition coefficient (Wildman–Crippen LogP) is 3.90. The molecule has 1 aromatic heterocycles. The summed E-state index contributed by atoms with van der Waals surface area (Å²) in [6, 6.07) is 15.7. The molecule has 0 N–H and O–H groups in total. The first-order valence-electron chi connectivity index (χ1n) is 7.64. The highest BCUT2D eigenvalue weighted by molar-refractivity contribution is 8.00. The lowest BCUT2D eigenvalue weighted by atomic mass is 10.2. The average molecular weight is 324 g/mol. The molecule has 116 valence electrons. The van der Waals surface area contributed by atoms with Crippen molar-refractivity contribution in [1.29, 1.82) is 0 Å². The monoisotopic (exact) mass is 324 g/mol. The van der Waals surface area contributed by atoms with E-state index in [-0.39, 0.29) is 11.2 Å². The maximum Gasteiger partial charge on any atom is 0.257 e. The van der Waals surface area contributed by atoms with Gasteiger partial charge < -0.3 is 9.32 Å². The smallest absolute Gasteiger partial charge is 0.257 e. The summed E-state index contributed by atoms with van der Waals surface area (Å²) in [4.78, 5) is 19.1. The third-order valence-corrected chi connectivity index (χ3v) is 4.98. The predicted molar refractivity (Wildman–Crippen MR) is 91.8 cm³/mol. The minimum absolute atomic E-state index is 0.0993. The molecular weight excluding hydrogens is 308 g/mol. The van der Waals surface area contributed by atoms with Crippen molar-refractivity contribution < 1.29 is 9.21 Å². The van der Waals surface area contributed by atoms with Crippen LogP contribution in [-0.4, -0.2) is 22.7 Å². The summed E-state index contributed by atoms with van der Waals surface area (Å²) in [5.74, 6) is 0.0993. The molecule has 0 radical (unpaired) electrons. The van der Waals surface area contributed by atoms with E-state index in [9.17, 15) is 4.79 Å². The van der Waals surface area contributed by atoms with Crippen LogP contribution < -0.4 is 4.90 Å². The quantitative estimate of drug-likeness (QED) is 0.686. The lowest BCUT2D eigenvalue weighted by Gasteiger charge is -2.20. The number of para-hydroxylation sites is 3. The Morgan fingerprint density at radius 1 is 1.22 bits per heavy atom. The van der Waals surface area contributed by atoms with Gasteiger partial charge in [0.2, 0.25) is 5.91 Å². The number of oxazole rings is 1. The van der Waals surface area contributed by atoms with Gasteiger partial charge in [-0.25, -0.2) is 4.98 Å². The lowest BCUT2D eigenvalue weighted by molar-refractivity contribution is -0.117. The normalized spacial score (nSPS) is 14.9. The van der Waals surface area contributed by atoms with Gasteiger partial charge in [-0.05, 0) is 37.1 Å². The summed E-state index contributed by atoms with van der Waals surface area (Å²) < 4.78 is 5.70. The molecule has 1 aliphatic rings. The number of thioether (sulfide) groups is 1. The molecule has 3 aromatic rings. The van der Waals surface area contributed by atoms with E-state index >= 15 is 0 Å². The van der Waals surface area contributed by atoms with E-state index in [0.29, 0.717) is 5.22 Å². The van der Waals surface area contributed by atoms with Crippen molar-refractivity contribution in [1.82, 2.24) is 4.98 Å². The van der Waals surface area contributed by atoms with Crippen LogP contribution in [0.1, 0.15) is 12.5 Å². The molecular formula is C18H16N2O2S. The number of fused-ring (bicyclic) bond motifs is 2. The zero-order valence-electron chi connectivity index (χ0n) is 12.7. The Bertz CT molecular complexity index is 841. The van der Waals surface area contributed by atoms with Gasteiger partial charge >= 0.3 is 0 Å². The third kappa shape index (κ3) is 2.61. The molecule has 5 heteroatoms. The van der Waals surface area contributed by atoms with Crippen molar-refractivity contribution in [3.63, 3.8) is 0 Å². The molecule has 4 nitrogen and oxygen atoms in total. The number of aromatic nitrogens is 1. The number of carbonyl (C=O) groups excluding carboxylic acids is 1. The van der Waals surface area contributed by atoms with Crippen LogP contribution in [0, 0.1) is 0 Å². The Hall–Kier alpha value is -2.27. The molecule has 1 atom stereocenters. The first kappa shape index (κ1) is 14.3. The number of nitrogens with zero attached hydrogens (tertiary/aromatic N) is 2. The fraction of sp³-hybridized carbons (Fsp3) is 0.222. The van der Waals surface area contributed by atoms with Crippen molar-refractivity contribution in [2.75, 3.05) is 11.4 Å². The average Bonchev–Trinajstić information content (AvgIpc) is 3.17. The van der Waals surface area contributed by atoms with Crippen LogP contribution in [0.15, 0.2) is 58.2 Å². The highest BCUT2D eigenvalue weighted by Gasteiger charge is 2.29. The number of hydrogen-bond donors (Lipinski definition) is 0. The van der Waals surface area contributed by atoms with E-state index < -0.39 is 0 Å². The third-order valence-electron chi connectivity index (χ3n) is 4.05. The van der Waals surface area contributed by atoms with Crippen molar-refractivity contribution >= 4 is 34.5 Å². The van der Waals surface area contributed by atoms with Crippen LogP contribution in [-0.2, 0) is 11.2 Å². The molecule has 0 aliphatic carbocycles. The molecule has 0 saturated carbocycles. The Kier molecular flexibility index (Phi) is 3.58. The SMILES string of the molecule is CC(Sc1nc2ccccc2o1)C(=O)N1CCc2ccccc21. The second kappa shape index (κ2) is 5.74. The fourth-order valence-electron chi connectivity index (χ4n) is 2.89. The molecule has 1 unspecified atom stereocenters. The highest BCUT2D eigenvalue weighted by atomic mass is 32.2. The molecule has 1 amide bonds. The van der Waals surface area contributed by atoms with E-state index in [1.807, 2.05) is 54.3 Å².